The number of aliphatic hydroxyl groups is 1. The number of ketones is 1. The Morgan fingerprint density at radius 2 is 1.75 bits per heavy atom. The molecule has 1 amide bonds. The second-order valence-electron chi connectivity index (χ2n) is 8.12. The molecular formula is C28H18N2O5S. The van der Waals surface area contributed by atoms with E-state index in [1.54, 1.807) is 54.0 Å². The molecule has 0 fully saturated rings. The molecule has 7 nitrogen and oxygen atoms in total. The van der Waals surface area contributed by atoms with Gasteiger partial charge in [-0.1, -0.05) is 48.5 Å². The first-order chi connectivity index (χ1) is 17.6. The molecule has 1 unspecified atom stereocenters. The lowest BCUT2D eigenvalue weighted by molar-refractivity contribution is -0.117. The number of hydrogen-bond acceptors (Lipinski definition) is 7. The number of para-hydroxylation sites is 2. The number of rotatable bonds is 6. The summed E-state index contributed by atoms with van der Waals surface area (Å²) in [5, 5.41) is 13.8. The van der Waals surface area contributed by atoms with Crippen molar-refractivity contribution in [2.75, 3.05) is 4.90 Å². The van der Waals surface area contributed by atoms with Crippen LogP contribution in [-0.2, 0) is 4.79 Å². The highest BCUT2D eigenvalue weighted by Gasteiger charge is 2.46. The number of aromatic nitrogens is 1. The van der Waals surface area contributed by atoms with E-state index < -0.39 is 23.5 Å². The summed E-state index contributed by atoms with van der Waals surface area (Å²) in [4.78, 5) is 32.6. The standard InChI is InChI=1S/C28H18N2O5S/c31-25(22-16-17-7-4-5-12-21(17)35-22)23-24(30(27(33)26(23)32)28-29-13-14-36-28)18-8-6-11-20(15-18)34-19-9-2-1-3-10-19/h1-16,24,32H. The van der Waals surface area contributed by atoms with Crippen molar-refractivity contribution in [2.24, 2.45) is 0 Å². The Morgan fingerprint density at radius 1 is 0.972 bits per heavy atom. The highest BCUT2D eigenvalue weighted by atomic mass is 32.1. The molecule has 0 spiro atoms. The molecule has 5 aromatic rings. The van der Waals surface area contributed by atoms with E-state index in [0.717, 1.165) is 5.39 Å². The molecule has 3 heterocycles. The summed E-state index contributed by atoms with van der Waals surface area (Å²) in [6.07, 6.45) is 1.56. The number of ether oxygens (including phenoxy) is 1. The number of benzene rings is 3. The van der Waals surface area contributed by atoms with Gasteiger partial charge in [0.1, 0.15) is 17.1 Å². The third-order valence-corrected chi connectivity index (χ3v) is 6.65. The Balaban J connectivity index is 1.45. The molecule has 1 aliphatic rings. The molecule has 1 N–H and O–H groups in total. The molecule has 0 saturated heterocycles. The Hall–Kier alpha value is -4.69. The maximum absolute atomic E-state index is 13.7. The van der Waals surface area contributed by atoms with Gasteiger partial charge in [-0.15, -0.1) is 11.3 Å². The summed E-state index contributed by atoms with van der Waals surface area (Å²) in [6.45, 7) is 0. The van der Waals surface area contributed by atoms with Crippen molar-refractivity contribution in [3.8, 4) is 11.5 Å². The number of carbonyl (C=O) groups is 2. The first-order valence-corrected chi connectivity index (χ1v) is 12.0. The number of aliphatic hydroxyl groups excluding tert-OH is 1. The summed E-state index contributed by atoms with van der Waals surface area (Å²) in [7, 11) is 0. The van der Waals surface area contributed by atoms with E-state index in [4.69, 9.17) is 9.15 Å². The fourth-order valence-corrected chi connectivity index (χ4v) is 4.95. The van der Waals surface area contributed by atoms with Crippen LogP contribution >= 0.6 is 11.3 Å². The van der Waals surface area contributed by atoms with Gasteiger partial charge in [-0.05, 0) is 42.0 Å². The van der Waals surface area contributed by atoms with E-state index in [-0.39, 0.29) is 11.3 Å². The van der Waals surface area contributed by atoms with Crippen LogP contribution in [0, 0.1) is 0 Å². The van der Waals surface area contributed by atoms with Gasteiger partial charge >= 0.3 is 0 Å². The monoisotopic (exact) mass is 494 g/mol. The third-order valence-electron chi connectivity index (χ3n) is 5.88. The predicted molar refractivity (Wildman–Crippen MR) is 135 cm³/mol. The molecule has 36 heavy (non-hydrogen) atoms. The number of carbonyl (C=O) groups excluding carboxylic acids is 2. The van der Waals surface area contributed by atoms with Gasteiger partial charge < -0.3 is 14.3 Å². The summed E-state index contributed by atoms with van der Waals surface area (Å²) in [5.41, 5.74) is 1.04. The topological polar surface area (TPSA) is 92.9 Å². The average Bonchev–Trinajstić information content (AvgIpc) is 3.63. The van der Waals surface area contributed by atoms with Crippen molar-refractivity contribution in [1.82, 2.24) is 4.98 Å². The zero-order valence-electron chi connectivity index (χ0n) is 18.7. The second-order valence-corrected chi connectivity index (χ2v) is 8.99. The lowest BCUT2D eigenvalue weighted by Gasteiger charge is -2.24. The number of hydrogen-bond donors (Lipinski definition) is 1. The van der Waals surface area contributed by atoms with Crippen LogP contribution in [-0.4, -0.2) is 21.8 Å². The number of amides is 1. The SMILES string of the molecule is O=C(C1=C(O)C(=O)N(c2nccs2)C1c1cccc(Oc2ccccc2)c1)c1cc2ccccc2o1. The maximum atomic E-state index is 13.7. The first-order valence-electron chi connectivity index (χ1n) is 11.1. The molecule has 0 saturated carbocycles. The minimum Gasteiger partial charge on any atom is -0.503 e. The Morgan fingerprint density at radius 3 is 2.53 bits per heavy atom. The van der Waals surface area contributed by atoms with E-state index in [1.165, 1.54) is 16.2 Å². The van der Waals surface area contributed by atoms with Crippen LogP contribution < -0.4 is 9.64 Å². The first kappa shape index (κ1) is 21.8. The fraction of sp³-hybridized carbons (Fsp3) is 0.0357. The number of Topliss-reactive ketones (excluding diaryl/α,β-unsaturated/α-hetero) is 1. The highest BCUT2D eigenvalue weighted by molar-refractivity contribution is 7.13. The van der Waals surface area contributed by atoms with Gasteiger partial charge in [0.25, 0.3) is 5.91 Å². The van der Waals surface area contributed by atoms with Gasteiger partial charge in [0.05, 0.1) is 11.6 Å². The molecule has 3 aromatic carbocycles. The van der Waals surface area contributed by atoms with E-state index >= 15 is 0 Å². The molecule has 0 bridgehead atoms. The second kappa shape index (κ2) is 8.83. The van der Waals surface area contributed by atoms with Crippen molar-refractivity contribution in [3.05, 3.63) is 119 Å². The quantitative estimate of drug-likeness (QED) is 0.272. The van der Waals surface area contributed by atoms with Crippen LogP contribution in [0.2, 0.25) is 0 Å². The highest BCUT2D eigenvalue weighted by Crippen LogP contribution is 2.43. The van der Waals surface area contributed by atoms with Gasteiger partial charge in [0, 0.05) is 17.0 Å². The summed E-state index contributed by atoms with van der Waals surface area (Å²) >= 11 is 1.23. The summed E-state index contributed by atoms with van der Waals surface area (Å²) in [5.74, 6) is -0.708. The van der Waals surface area contributed by atoms with Crippen LogP contribution in [0.3, 0.4) is 0 Å². The van der Waals surface area contributed by atoms with Crippen molar-refractivity contribution >= 4 is 39.1 Å². The molecule has 6 rings (SSSR count). The summed E-state index contributed by atoms with van der Waals surface area (Å²) < 4.78 is 11.8. The Kier molecular flexibility index (Phi) is 5.35. The maximum Gasteiger partial charge on any atom is 0.296 e. The molecule has 176 valence electrons. The lowest BCUT2D eigenvalue weighted by atomic mass is 9.95. The minimum absolute atomic E-state index is 0.0354. The molecule has 1 aliphatic heterocycles. The van der Waals surface area contributed by atoms with Gasteiger partial charge in [-0.2, -0.15) is 0 Å². The van der Waals surface area contributed by atoms with E-state index in [0.29, 0.717) is 27.8 Å². The van der Waals surface area contributed by atoms with Crippen LogP contribution in [0.5, 0.6) is 11.5 Å². The number of nitrogens with zero attached hydrogens (tertiary/aromatic N) is 2. The Bertz CT molecular complexity index is 1590. The van der Waals surface area contributed by atoms with Crippen LogP contribution in [0.15, 0.2) is 112 Å². The minimum atomic E-state index is -0.927. The van der Waals surface area contributed by atoms with Crippen molar-refractivity contribution in [1.29, 1.82) is 0 Å². The third kappa shape index (κ3) is 3.73. The molecule has 2 aromatic heterocycles. The fourth-order valence-electron chi connectivity index (χ4n) is 4.28. The van der Waals surface area contributed by atoms with Crippen LogP contribution in [0.1, 0.15) is 22.2 Å². The van der Waals surface area contributed by atoms with Crippen molar-refractivity contribution in [3.63, 3.8) is 0 Å². The van der Waals surface area contributed by atoms with Crippen LogP contribution in [0.4, 0.5) is 5.13 Å². The number of thiazole rings is 1. The zero-order chi connectivity index (χ0) is 24.6. The lowest BCUT2D eigenvalue weighted by Crippen LogP contribution is -2.30. The van der Waals surface area contributed by atoms with Gasteiger partial charge in [-0.3, -0.25) is 14.5 Å². The van der Waals surface area contributed by atoms with E-state index in [9.17, 15) is 14.7 Å². The van der Waals surface area contributed by atoms with Crippen LogP contribution in [0.25, 0.3) is 11.0 Å². The smallest absolute Gasteiger partial charge is 0.296 e. The molecule has 8 heteroatoms. The van der Waals surface area contributed by atoms with Gasteiger partial charge in [-0.25, -0.2) is 4.98 Å². The summed E-state index contributed by atoms with van der Waals surface area (Å²) in [6, 6.07) is 24.3. The van der Waals surface area contributed by atoms with E-state index in [2.05, 4.69) is 4.98 Å². The Labute approximate surface area is 209 Å². The van der Waals surface area contributed by atoms with Crippen molar-refractivity contribution in [2.45, 2.75) is 6.04 Å². The van der Waals surface area contributed by atoms with Gasteiger partial charge in [0.15, 0.2) is 16.7 Å². The normalized spacial score (nSPS) is 15.6. The predicted octanol–water partition coefficient (Wildman–Crippen LogP) is 6.46. The molecule has 0 radical (unpaired) electrons. The largest absolute Gasteiger partial charge is 0.503 e. The number of fused-ring (bicyclic) bond motifs is 1. The average molecular weight is 495 g/mol. The number of furan rings is 1. The number of anilines is 1. The zero-order valence-corrected chi connectivity index (χ0v) is 19.5. The molecular weight excluding hydrogens is 476 g/mol. The van der Waals surface area contributed by atoms with Gasteiger partial charge in [0.2, 0.25) is 5.78 Å². The van der Waals surface area contributed by atoms with Crippen molar-refractivity contribution < 1.29 is 23.8 Å². The molecule has 0 aliphatic carbocycles. The van der Waals surface area contributed by atoms with E-state index in [1.807, 2.05) is 42.5 Å². The molecule has 1 atom stereocenters.